The molecule has 1 saturated heterocycles. The molecule has 0 radical (unpaired) electrons. The van der Waals surface area contributed by atoms with Crippen LogP contribution in [0.5, 0.6) is 0 Å². The van der Waals surface area contributed by atoms with Crippen molar-refractivity contribution in [2.75, 3.05) is 20.2 Å². The van der Waals surface area contributed by atoms with Crippen LogP contribution in [0.25, 0.3) is 5.70 Å². The average molecular weight is 404 g/mol. The highest BCUT2D eigenvalue weighted by molar-refractivity contribution is 5.98. The van der Waals surface area contributed by atoms with Crippen molar-refractivity contribution in [2.24, 2.45) is 10.7 Å². The Hall–Kier alpha value is -2.92. The van der Waals surface area contributed by atoms with E-state index in [0.29, 0.717) is 18.8 Å². The first-order valence-corrected chi connectivity index (χ1v) is 10.6. The number of fused-ring (bicyclic) bond motifs is 1. The van der Waals surface area contributed by atoms with Gasteiger partial charge in [0.05, 0.1) is 6.10 Å². The zero-order valence-corrected chi connectivity index (χ0v) is 17.7. The monoisotopic (exact) mass is 403 g/mol. The lowest BCUT2D eigenvalue weighted by molar-refractivity contribution is 0.0545. The summed E-state index contributed by atoms with van der Waals surface area (Å²) in [5.41, 5.74) is 13.3. The SMILES string of the molecule is CN=CC=C(N)c1ccc(Cc2cc3c(cc2C)CN(CC2CCCO2)C3=O)cc1. The summed E-state index contributed by atoms with van der Waals surface area (Å²) in [5, 5.41) is 0. The van der Waals surface area contributed by atoms with E-state index in [0.717, 1.165) is 42.6 Å². The van der Waals surface area contributed by atoms with Crippen LogP contribution in [0, 0.1) is 6.92 Å². The maximum absolute atomic E-state index is 12.9. The number of carbonyl (C=O) groups excluding carboxylic acids is 1. The maximum Gasteiger partial charge on any atom is 0.254 e. The molecule has 30 heavy (non-hydrogen) atoms. The van der Waals surface area contributed by atoms with Gasteiger partial charge in [0.2, 0.25) is 0 Å². The highest BCUT2D eigenvalue weighted by atomic mass is 16.5. The number of hydrogen-bond donors (Lipinski definition) is 1. The summed E-state index contributed by atoms with van der Waals surface area (Å²) in [6.07, 6.45) is 6.61. The molecule has 1 amide bonds. The van der Waals surface area contributed by atoms with Crippen molar-refractivity contribution in [2.45, 2.75) is 38.8 Å². The molecule has 2 aromatic rings. The topological polar surface area (TPSA) is 67.9 Å². The number of ether oxygens (including phenoxy) is 1. The smallest absolute Gasteiger partial charge is 0.254 e. The first-order chi connectivity index (χ1) is 14.5. The predicted octanol–water partition coefficient (Wildman–Crippen LogP) is 3.72. The standard InChI is InChI=1S/C25H29N3O2/c1-17-12-21-15-28(16-22-4-3-11-30-22)25(29)23(21)14-20(17)13-18-5-7-19(8-6-18)24(26)9-10-27-2/h5-10,12,14,22H,3-4,11,13,15-16,26H2,1-2H3. The highest BCUT2D eigenvalue weighted by Gasteiger charge is 2.31. The highest BCUT2D eigenvalue weighted by Crippen LogP contribution is 2.29. The molecular weight excluding hydrogens is 374 g/mol. The lowest BCUT2D eigenvalue weighted by Crippen LogP contribution is -2.32. The molecule has 2 aliphatic rings. The van der Waals surface area contributed by atoms with Crippen molar-refractivity contribution in [1.29, 1.82) is 0 Å². The summed E-state index contributed by atoms with van der Waals surface area (Å²) in [7, 11) is 1.72. The van der Waals surface area contributed by atoms with Crippen molar-refractivity contribution in [1.82, 2.24) is 4.90 Å². The molecule has 156 valence electrons. The van der Waals surface area contributed by atoms with Gasteiger partial charge in [0.15, 0.2) is 0 Å². The van der Waals surface area contributed by atoms with Crippen LogP contribution in [0.4, 0.5) is 0 Å². The largest absolute Gasteiger partial charge is 0.398 e. The molecule has 0 spiro atoms. The van der Waals surface area contributed by atoms with Gasteiger partial charge in [0.1, 0.15) is 0 Å². The van der Waals surface area contributed by atoms with Crippen LogP contribution in [0.15, 0.2) is 47.5 Å². The molecule has 0 saturated carbocycles. The number of nitrogens with zero attached hydrogens (tertiary/aromatic N) is 2. The molecule has 5 heteroatoms. The van der Waals surface area contributed by atoms with Crippen LogP contribution in [0.3, 0.4) is 0 Å². The summed E-state index contributed by atoms with van der Waals surface area (Å²) in [6.45, 7) is 4.33. The van der Waals surface area contributed by atoms with Crippen molar-refractivity contribution in [3.05, 3.63) is 75.9 Å². The minimum atomic E-state index is 0.132. The fourth-order valence-electron chi connectivity index (χ4n) is 4.25. The lowest BCUT2D eigenvalue weighted by atomic mass is 9.95. The minimum Gasteiger partial charge on any atom is -0.398 e. The van der Waals surface area contributed by atoms with Gasteiger partial charge in [-0.25, -0.2) is 0 Å². The molecule has 2 heterocycles. The van der Waals surface area contributed by atoms with Crippen LogP contribution in [0.2, 0.25) is 0 Å². The Morgan fingerprint density at radius 2 is 2.10 bits per heavy atom. The van der Waals surface area contributed by atoms with Gasteiger partial charge in [-0.2, -0.15) is 0 Å². The van der Waals surface area contributed by atoms with E-state index < -0.39 is 0 Å². The molecule has 0 aliphatic carbocycles. The molecule has 1 unspecified atom stereocenters. The van der Waals surface area contributed by atoms with Gasteiger partial charge in [-0.3, -0.25) is 9.79 Å². The molecule has 2 N–H and O–H groups in total. The molecule has 4 rings (SSSR count). The summed E-state index contributed by atoms with van der Waals surface area (Å²) < 4.78 is 5.72. The molecule has 1 atom stereocenters. The van der Waals surface area contributed by atoms with E-state index in [1.165, 1.54) is 16.7 Å². The lowest BCUT2D eigenvalue weighted by Gasteiger charge is -2.19. The Bertz CT molecular complexity index is 986. The zero-order chi connectivity index (χ0) is 21.1. The first-order valence-electron chi connectivity index (χ1n) is 10.6. The zero-order valence-electron chi connectivity index (χ0n) is 17.7. The van der Waals surface area contributed by atoms with Gasteiger partial charge in [0.25, 0.3) is 5.91 Å². The average Bonchev–Trinajstić information content (AvgIpc) is 3.36. The Morgan fingerprint density at radius 1 is 1.30 bits per heavy atom. The van der Waals surface area contributed by atoms with E-state index in [4.69, 9.17) is 10.5 Å². The van der Waals surface area contributed by atoms with E-state index in [9.17, 15) is 4.79 Å². The third-order valence-electron chi connectivity index (χ3n) is 5.97. The number of amides is 1. The van der Waals surface area contributed by atoms with Crippen molar-refractivity contribution in [3.8, 4) is 0 Å². The van der Waals surface area contributed by atoms with Gasteiger partial charge in [-0.1, -0.05) is 30.3 Å². The van der Waals surface area contributed by atoms with Gasteiger partial charge in [-0.05, 0) is 66.1 Å². The van der Waals surface area contributed by atoms with E-state index in [1.807, 2.05) is 17.0 Å². The minimum absolute atomic E-state index is 0.132. The van der Waals surface area contributed by atoms with Gasteiger partial charge < -0.3 is 15.4 Å². The van der Waals surface area contributed by atoms with E-state index >= 15 is 0 Å². The van der Waals surface area contributed by atoms with Crippen LogP contribution in [0.1, 0.15) is 51.0 Å². The van der Waals surface area contributed by atoms with Crippen molar-refractivity contribution < 1.29 is 9.53 Å². The van der Waals surface area contributed by atoms with E-state index in [-0.39, 0.29) is 12.0 Å². The molecule has 0 bridgehead atoms. The van der Waals surface area contributed by atoms with Crippen LogP contribution in [-0.2, 0) is 17.7 Å². The van der Waals surface area contributed by atoms with E-state index in [1.54, 1.807) is 19.3 Å². The maximum atomic E-state index is 12.9. The Balaban J connectivity index is 1.49. The molecule has 0 aromatic heterocycles. The normalized spacial score (nSPS) is 19.1. The fourth-order valence-corrected chi connectivity index (χ4v) is 4.25. The van der Waals surface area contributed by atoms with Gasteiger partial charge >= 0.3 is 0 Å². The van der Waals surface area contributed by atoms with E-state index in [2.05, 4.69) is 36.2 Å². The number of aryl methyl sites for hydroxylation is 1. The molecule has 5 nitrogen and oxygen atoms in total. The summed E-state index contributed by atoms with van der Waals surface area (Å²) in [6, 6.07) is 12.5. The Labute approximate surface area is 178 Å². The number of aliphatic imine (C=N–C) groups is 1. The second-order valence-electron chi connectivity index (χ2n) is 8.16. The van der Waals surface area contributed by atoms with Gasteiger partial charge in [-0.15, -0.1) is 0 Å². The summed E-state index contributed by atoms with van der Waals surface area (Å²) in [4.78, 5) is 18.8. The molecule has 2 aromatic carbocycles. The number of carbonyl (C=O) groups is 1. The number of nitrogens with two attached hydrogens (primary N) is 1. The van der Waals surface area contributed by atoms with Crippen LogP contribution >= 0.6 is 0 Å². The first kappa shape index (κ1) is 20.4. The van der Waals surface area contributed by atoms with Gasteiger partial charge in [0, 0.05) is 44.2 Å². The molecular formula is C25H29N3O2. The third kappa shape index (κ3) is 4.31. The fraction of sp³-hybridized carbons (Fsp3) is 0.360. The molecule has 2 aliphatic heterocycles. The Morgan fingerprint density at radius 3 is 2.80 bits per heavy atom. The van der Waals surface area contributed by atoms with Crippen molar-refractivity contribution >= 4 is 17.8 Å². The number of rotatable bonds is 6. The quantitative estimate of drug-likeness (QED) is 0.748. The number of hydrogen-bond acceptors (Lipinski definition) is 4. The summed E-state index contributed by atoms with van der Waals surface area (Å²) >= 11 is 0. The number of allylic oxidation sites excluding steroid dienone is 1. The second kappa shape index (κ2) is 8.84. The molecule has 1 fully saturated rings. The Kier molecular flexibility index (Phi) is 6.00. The summed E-state index contributed by atoms with van der Waals surface area (Å²) in [5.74, 6) is 0.132. The van der Waals surface area contributed by atoms with Crippen molar-refractivity contribution in [3.63, 3.8) is 0 Å². The predicted molar refractivity (Wildman–Crippen MR) is 121 cm³/mol. The van der Waals surface area contributed by atoms with Crippen LogP contribution < -0.4 is 5.73 Å². The third-order valence-corrected chi connectivity index (χ3v) is 5.97. The second-order valence-corrected chi connectivity index (χ2v) is 8.16. The van der Waals surface area contributed by atoms with Crippen LogP contribution in [-0.4, -0.2) is 43.3 Å². The number of benzene rings is 2.